The summed E-state index contributed by atoms with van der Waals surface area (Å²) in [4.78, 5) is 30.5. The average Bonchev–Trinajstić information content (AvgIpc) is 3.28. The minimum atomic E-state index is -0.365. The van der Waals surface area contributed by atoms with Crippen molar-refractivity contribution in [1.82, 2.24) is 4.98 Å². The maximum atomic E-state index is 12.7. The molecule has 1 atom stereocenters. The summed E-state index contributed by atoms with van der Waals surface area (Å²) in [5.74, 6) is -0.496. The number of rotatable bonds is 7. The zero-order valence-corrected chi connectivity index (χ0v) is 22.1. The van der Waals surface area contributed by atoms with Crippen LogP contribution in [0.2, 0.25) is 15.1 Å². The molecule has 0 saturated heterocycles. The fourth-order valence-electron chi connectivity index (χ4n) is 3.08. The minimum Gasteiger partial charge on any atom is -0.322 e. The summed E-state index contributed by atoms with van der Waals surface area (Å²) < 4.78 is 0. The van der Waals surface area contributed by atoms with E-state index in [4.69, 9.17) is 34.8 Å². The van der Waals surface area contributed by atoms with Crippen molar-refractivity contribution >= 4 is 80.5 Å². The molecule has 0 fully saturated rings. The van der Waals surface area contributed by atoms with Crippen molar-refractivity contribution in [2.75, 3.05) is 10.6 Å². The second-order valence-electron chi connectivity index (χ2n) is 7.37. The first-order chi connectivity index (χ1) is 16.8. The predicted octanol–water partition coefficient (Wildman–Crippen LogP) is 8.14. The van der Waals surface area contributed by atoms with E-state index in [0.717, 1.165) is 10.5 Å². The van der Waals surface area contributed by atoms with E-state index < -0.39 is 0 Å². The molecule has 0 aliphatic carbocycles. The first kappa shape index (κ1) is 25.5. The molecule has 178 valence electrons. The molecule has 3 aromatic carbocycles. The van der Waals surface area contributed by atoms with Gasteiger partial charge < -0.3 is 10.6 Å². The van der Waals surface area contributed by atoms with E-state index in [0.29, 0.717) is 32.1 Å². The van der Waals surface area contributed by atoms with E-state index in [-0.39, 0.29) is 22.1 Å². The molecule has 35 heavy (non-hydrogen) atoms. The van der Waals surface area contributed by atoms with Gasteiger partial charge in [-0.15, -0.1) is 23.1 Å². The molecular formula is C25H18Cl3N3O2S2. The van der Waals surface area contributed by atoms with E-state index in [2.05, 4.69) is 15.6 Å². The number of hydrogen-bond acceptors (Lipinski definition) is 5. The second-order valence-corrected chi connectivity index (χ2v) is 10.9. The van der Waals surface area contributed by atoms with Crippen molar-refractivity contribution in [3.63, 3.8) is 0 Å². The number of thioether (sulfide) groups is 1. The van der Waals surface area contributed by atoms with Gasteiger partial charge in [0.2, 0.25) is 5.91 Å². The molecule has 2 amide bonds. The molecule has 0 bridgehead atoms. The maximum absolute atomic E-state index is 12.7. The van der Waals surface area contributed by atoms with Crippen LogP contribution in [0.25, 0.3) is 11.3 Å². The Morgan fingerprint density at radius 1 is 0.943 bits per heavy atom. The average molecular weight is 563 g/mol. The van der Waals surface area contributed by atoms with Gasteiger partial charge in [0.15, 0.2) is 5.13 Å². The Labute approximate surface area is 225 Å². The fraction of sp³-hybridized carbons (Fsp3) is 0.0800. The SMILES string of the molecule is CC(Sc1ccc(NC(=O)c2ccc(Cl)cc2Cl)cc1)C(=O)Nc1nc(-c2ccccc2Cl)cs1. The van der Waals surface area contributed by atoms with Crippen molar-refractivity contribution in [1.29, 1.82) is 0 Å². The molecule has 0 spiro atoms. The lowest BCUT2D eigenvalue weighted by molar-refractivity contribution is -0.115. The quantitative estimate of drug-likeness (QED) is 0.223. The van der Waals surface area contributed by atoms with Gasteiger partial charge in [-0.3, -0.25) is 9.59 Å². The maximum Gasteiger partial charge on any atom is 0.257 e. The highest BCUT2D eigenvalue weighted by molar-refractivity contribution is 8.00. The van der Waals surface area contributed by atoms with Crippen LogP contribution in [0.1, 0.15) is 17.3 Å². The molecular weight excluding hydrogens is 545 g/mol. The molecule has 1 aromatic heterocycles. The van der Waals surface area contributed by atoms with Crippen molar-refractivity contribution in [2.45, 2.75) is 17.1 Å². The summed E-state index contributed by atoms with van der Waals surface area (Å²) in [6.45, 7) is 1.82. The minimum absolute atomic E-state index is 0.162. The second kappa shape index (κ2) is 11.5. The molecule has 0 aliphatic rings. The van der Waals surface area contributed by atoms with Gasteiger partial charge in [-0.2, -0.15) is 0 Å². The van der Waals surface area contributed by atoms with E-state index in [1.165, 1.54) is 29.2 Å². The van der Waals surface area contributed by atoms with Crippen molar-refractivity contribution in [2.24, 2.45) is 0 Å². The van der Waals surface area contributed by atoms with Gasteiger partial charge in [0.05, 0.1) is 21.5 Å². The van der Waals surface area contributed by atoms with Crippen LogP contribution < -0.4 is 10.6 Å². The number of halogens is 3. The largest absolute Gasteiger partial charge is 0.322 e. The van der Waals surface area contributed by atoms with Crippen molar-refractivity contribution in [3.8, 4) is 11.3 Å². The van der Waals surface area contributed by atoms with E-state index in [1.807, 2.05) is 42.6 Å². The number of carbonyl (C=O) groups excluding carboxylic acids is 2. The number of thiazole rings is 1. The lowest BCUT2D eigenvalue weighted by Gasteiger charge is -2.11. The standard InChI is InChI=1S/C25H18Cl3N3O2S2/c1-14(23(32)31-25-30-22(13-34-25)18-4-2-3-5-20(18)27)35-17-9-7-16(8-10-17)29-24(33)19-11-6-15(26)12-21(19)28/h2-14H,1H3,(H,29,33)(H,30,31,32). The molecule has 5 nitrogen and oxygen atoms in total. The molecule has 10 heteroatoms. The first-order valence-corrected chi connectivity index (χ1v) is 13.2. The lowest BCUT2D eigenvalue weighted by Crippen LogP contribution is -2.22. The highest BCUT2D eigenvalue weighted by Gasteiger charge is 2.17. The topological polar surface area (TPSA) is 71.1 Å². The van der Waals surface area contributed by atoms with E-state index in [9.17, 15) is 9.59 Å². The number of nitrogens with one attached hydrogen (secondary N) is 2. The molecule has 0 aliphatic heterocycles. The Hall–Kier alpha value is -2.55. The Balaban J connectivity index is 1.33. The summed E-state index contributed by atoms with van der Waals surface area (Å²) in [7, 11) is 0. The number of nitrogens with zero attached hydrogens (tertiary/aromatic N) is 1. The number of hydrogen-bond donors (Lipinski definition) is 2. The number of carbonyl (C=O) groups is 2. The molecule has 4 aromatic rings. The van der Waals surface area contributed by atoms with Gasteiger partial charge in [-0.25, -0.2) is 4.98 Å². The summed E-state index contributed by atoms with van der Waals surface area (Å²) in [6, 6.07) is 19.4. The van der Waals surface area contributed by atoms with Gasteiger partial charge in [-0.05, 0) is 55.5 Å². The van der Waals surface area contributed by atoms with Crippen molar-refractivity contribution in [3.05, 3.63) is 92.7 Å². The Morgan fingerprint density at radius 2 is 1.69 bits per heavy atom. The van der Waals surface area contributed by atoms with Crippen LogP contribution >= 0.6 is 57.9 Å². The number of anilines is 2. The molecule has 1 unspecified atom stereocenters. The number of benzene rings is 3. The molecule has 1 heterocycles. The Kier molecular flexibility index (Phi) is 8.36. The van der Waals surface area contributed by atoms with E-state index in [1.54, 1.807) is 30.3 Å². The highest BCUT2D eigenvalue weighted by Crippen LogP contribution is 2.31. The van der Waals surface area contributed by atoms with E-state index >= 15 is 0 Å². The summed E-state index contributed by atoms with van der Waals surface area (Å²) in [5, 5.41) is 9.02. The molecule has 0 saturated carbocycles. The van der Waals surface area contributed by atoms with Crippen LogP contribution in [-0.2, 0) is 4.79 Å². The number of amides is 2. The van der Waals surface area contributed by atoms with Crippen LogP contribution in [0, 0.1) is 0 Å². The zero-order chi connectivity index (χ0) is 24.9. The normalized spacial score (nSPS) is 11.7. The Bertz CT molecular complexity index is 1380. The summed E-state index contributed by atoms with van der Waals surface area (Å²) >= 11 is 21.0. The van der Waals surface area contributed by atoms with Crippen LogP contribution in [0.4, 0.5) is 10.8 Å². The van der Waals surface area contributed by atoms with Crippen LogP contribution in [0.5, 0.6) is 0 Å². The van der Waals surface area contributed by atoms with Gasteiger partial charge in [0.25, 0.3) is 5.91 Å². The third kappa shape index (κ3) is 6.57. The first-order valence-electron chi connectivity index (χ1n) is 10.3. The fourth-order valence-corrected chi connectivity index (χ4v) is 5.39. The third-order valence-electron chi connectivity index (χ3n) is 4.85. The number of aromatic nitrogens is 1. The highest BCUT2D eigenvalue weighted by atomic mass is 35.5. The van der Waals surface area contributed by atoms with Gasteiger partial charge in [0.1, 0.15) is 0 Å². The van der Waals surface area contributed by atoms with Crippen LogP contribution in [-0.4, -0.2) is 22.0 Å². The smallest absolute Gasteiger partial charge is 0.257 e. The molecule has 4 rings (SSSR count). The molecule has 2 N–H and O–H groups in total. The van der Waals surface area contributed by atoms with Gasteiger partial charge >= 0.3 is 0 Å². The molecule has 0 radical (unpaired) electrons. The third-order valence-corrected chi connectivity index (χ3v) is 7.60. The van der Waals surface area contributed by atoms with Crippen LogP contribution in [0.3, 0.4) is 0 Å². The Morgan fingerprint density at radius 3 is 2.40 bits per heavy atom. The summed E-state index contributed by atoms with van der Waals surface area (Å²) in [5.41, 5.74) is 2.48. The van der Waals surface area contributed by atoms with Gasteiger partial charge in [0, 0.05) is 31.6 Å². The lowest BCUT2D eigenvalue weighted by atomic mass is 10.2. The van der Waals surface area contributed by atoms with Crippen LogP contribution in [0.15, 0.2) is 77.0 Å². The predicted molar refractivity (Wildman–Crippen MR) is 147 cm³/mol. The monoisotopic (exact) mass is 561 g/mol. The van der Waals surface area contributed by atoms with Crippen molar-refractivity contribution < 1.29 is 9.59 Å². The van der Waals surface area contributed by atoms with Gasteiger partial charge in [-0.1, -0.05) is 53.0 Å². The zero-order valence-electron chi connectivity index (χ0n) is 18.2. The summed E-state index contributed by atoms with van der Waals surface area (Å²) in [6.07, 6.45) is 0.